The molecule has 0 radical (unpaired) electrons. The highest BCUT2D eigenvalue weighted by Gasteiger charge is 2.36. The van der Waals surface area contributed by atoms with Gasteiger partial charge in [0, 0.05) is 6.54 Å². The second-order valence-corrected chi connectivity index (χ2v) is 5.44. The molecule has 20 heavy (non-hydrogen) atoms. The molecule has 1 N–H and O–H groups in total. The van der Waals surface area contributed by atoms with Gasteiger partial charge in [0.1, 0.15) is 6.54 Å². The minimum Gasteiger partial charge on any atom is -0.354 e. The predicted octanol–water partition coefficient (Wildman–Crippen LogP) is 1.36. The zero-order valence-electron chi connectivity index (χ0n) is 11.9. The number of benzene rings is 1. The van der Waals surface area contributed by atoms with E-state index in [1.54, 1.807) is 18.2 Å². The van der Waals surface area contributed by atoms with Crippen LogP contribution >= 0.6 is 0 Å². The van der Waals surface area contributed by atoms with E-state index in [-0.39, 0.29) is 12.5 Å². The molecule has 3 amide bonds. The second-order valence-electron chi connectivity index (χ2n) is 5.44. The van der Waals surface area contributed by atoms with E-state index >= 15 is 0 Å². The predicted molar refractivity (Wildman–Crippen MR) is 74.4 cm³/mol. The maximum Gasteiger partial charge on any atom is 0.262 e. The number of nitrogens with one attached hydrogen (secondary N) is 1. The van der Waals surface area contributed by atoms with E-state index < -0.39 is 11.8 Å². The molecule has 106 valence electrons. The lowest BCUT2D eigenvalue weighted by molar-refractivity contribution is -0.121. The van der Waals surface area contributed by atoms with Crippen molar-refractivity contribution in [2.75, 3.05) is 13.1 Å². The first-order valence-corrected chi connectivity index (χ1v) is 6.63. The SMILES string of the molecule is Cc1ccc2c(c1)C(=O)N(CC(=O)NCC(C)C)C2=O. The highest BCUT2D eigenvalue weighted by Crippen LogP contribution is 2.23. The van der Waals surface area contributed by atoms with E-state index in [1.165, 1.54) is 0 Å². The van der Waals surface area contributed by atoms with Gasteiger partial charge in [0.25, 0.3) is 11.8 Å². The lowest BCUT2D eigenvalue weighted by Crippen LogP contribution is -2.41. The third kappa shape index (κ3) is 2.71. The summed E-state index contributed by atoms with van der Waals surface area (Å²) in [5.41, 5.74) is 1.67. The molecule has 0 aliphatic carbocycles. The molecule has 0 spiro atoms. The monoisotopic (exact) mass is 274 g/mol. The molecular formula is C15H18N2O3. The molecule has 1 aromatic rings. The molecule has 5 nitrogen and oxygen atoms in total. The van der Waals surface area contributed by atoms with Crippen LogP contribution in [0.1, 0.15) is 40.1 Å². The molecule has 0 saturated carbocycles. The van der Waals surface area contributed by atoms with Gasteiger partial charge in [-0.3, -0.25) is 19.3 Å². The number of carbonyl (C=O) groups is 3. The van der Waals surface area contributed by atoms with Crippen molar-refractivity contribution in [3.05, 3.63) is 34.9 Å². The van der Waals surface area contributed by atoms with Gasteiger partial charge in [-0.2, -0.15) is 0 Å². The maximum atomic E-state index is 12.2. The van der Waals surface area contributed by atoms with Crippen LogP contribution in [0.25, 0.3) is 0 Å². The third-order valence-electron chi connectivity index (χ3n) is 3.14. The number of hydrogen-bond donors (Lipinski definition) is 1. The maximum absolute atomic E-state index is 12.2. The van der Waals surface area contributed by atoms with E-state index in [0.717, 1.165) is 10.5 Å². The van der Waals surface area contributed by atoms with Crippen LogP contribution in [0.15, 0.2) is 18.2 Å². The van der Waals surface area contributed by atoms with Gasteiger partial charge >= 0.3 is 0 Å². The van der Waals surface area contributed by atoms with Crippen LogP contribution in [0.5, 0.6) is 0 Å². The fourth-order valence-electron chi connectivity index (χ4n) is 2.07. The highest BCUT2D eigenvalue weighted by molar-refractivity contribution is 6.22. The van der Waals surface area contributed by atoms with Gasteiger partial charge < -0.3 is 5.32 Å². The zero-order valence-corrected chi connectivity index (χ0v) is 11.9. The van der Waals surface area contributed by atoms with Crippen LogP contribution in [0.4, 0.5) is 0 Å². The van der Waals surface area contributed by atoms with Crippen molar-refractivity contribution >= 4 is 17.7 Å². The van der Waals surface area contributed by atoms with E-state index in [1.807, 2.05) is 20.8 Å². The quantitative estimate of drug-likeness (QED) is 0.843. The summed E-state index contributed by atoms with van der Waals surface area (Å²) in [6.07, 6.45) is 0. The molecular weight excluding hydrogens is 256 g/mol. The molecule has 1 aliphatic heterocycles. The van der Waals surface area contributed by atoms with Gasteiger partial charge in [-0.05, 0) is 25.0 Å². The normalized spacial score (nSPS) is 13.9. The van der Waals surface area contributed by atoms with Crippen LogP contribution in [0.2, 0.25) is 0 Å². The number of rotatable bonds is 4. The van der Waals surface area contributed by atoms with Crippen LogP contribution < -0.4 is 5.32 Å². The Bertz CT molecular complexity index is 578. The Morgan fingerprint density at radius 2 is 1.85 bits per heavy atom. The molecule has 1 heterocycles. The lowest BCUT2D eigenvalue weighted by Gasteiger charge is -2.14. The minimum absolute atomic E-state index is 0.224. The largest absolute Gasteiger partial charge is 0.354 e. The van der Waals surface area contributed by atoms with Crippen LogP contribution in [0.3, 0.4) is 0 Å². The number of nitrogens with zero attached hydrogens (tertiary/aromatic N) is 1. The van der Waals surface area contributed by atoms with Crippen molar-refractivity contribution < 1.29 is 14.4 Å². The van der Waals surface area contributed by atoms with Crippen LogP contribution in [0, 0.1) is 12.8 Å². The summed E-state index contributed by atoms with van der Waals surface area (Å²) in [6.45, 7) is 6.12. The van der Waals surface area contributed by atoms with Crippen molar-refractivity contribution in [3.63, 3.8) is 0 Å². The molecule has 0 bridgehead atoms. The van der Waals surface area contributed by atoms with Gasteiger partial charge in [-0.25, -0.2) is 0 Å². The lowest BCUT2D eigenvalue weighted by atomic mass is 10.1. The van der Waals surface area contributed by atoms with E-state index in [0.29, 0.717) is 23.6 Å². The zero-order chi connectivity index (χ0) is 14.9. The first kappa shape index (κ1) is 14.2. The third-order valence-corrected chi connectivity index (χ3v) is 3.14. The second kappa shape index (κ2) is 5.45. The van der Waals surface area contributed by atoms with Crippen LogP contribution in [-0.4, -0.2) is 35.7 Å². The fourth-order valence-corrected chi connectivity index (χ4v) is 2.07. The fraction of sp³-hybridized carbons (Fsp3) is 0.400. The van der Waals surface area contributed by atoms with E-state index in [9.17, 15) is 14.4 Å². The standard InChI is InChI=1S/C15H18N2O3/c1-9(2)7-16-13(18)8-17-14(19)11-5-4-10(3)6-12(11)15(17)20/h4-6,9H,7-8H2,1-3H3,(H,16,18). The Labute approximate surface area is 118 Å². The Kier molecular flexibility index (Phi) is 3.88. The average Bonchev–Trinajstić information content (AvgIpc) is 2.61. The minimum atomic E-state index is -0.398. The molecule has 0 unspecified atom stereocenters. The molecule has 2 rings (SSSR count). The summed E-state index contributed by atoms with van der Waals surface area (Å²) in [6, 6.07) is 5.10. The van der Waals surface area contributed by atoms with E-state index in [2.05, 4.69) is 5.32 Å². The summed E-state index contributed by atoms with van der Waals surface area (Å²) >= 11 is 0. The average molecular weight is 274 g/mol. The molecule has 0 aromatic heterocycles. The molecule has 5 heteroatoms. The van der Waals surface area contributed by atoms with Crippen molar-refractivity contribution in [3.8, 4) is 0 Å². The topological polar surface area (TPSA) is 66.5 Å². The Morgan fingerprint density at radius 3 is 2.50 bits per heavy atom. The number of amides is 3. The Morgan fingerprint density at radius 1 is 1.20 bits per heavy atom. The number of fused-ring (bicyclic) bond motifs is 1. The number of carbonyl (C=O) groups excluding carboxylic acids is 3. The molecule has 1 aliphatic rings. The summed E-state index contributed by atoms with van der Waals surface area (Å²) in [5, 5.41) is 2.70. The molecule has 1 aromatic carbocycles. The molecule has 0 atom stereocenters. The first-order valence-electron chi connectivity index (χ1n) is 6.63. The number of imide groups is 1. The van der Waals surface area contributed by atoms with Gasteiger partial charge in [0.05, 0.1) is 11.1 Å². The number of hydrogen-bond acceptors (Lipinski definition) is 3. The van der Waals surface area contributed by atoms with Gasteiger partial charge in [0.15, 0.2) is 0 Å². The summed E-state index contributed by atoms with van der Waals surface area (Å²) < 4.78 is 0. The summed E-state index contributed by atoms with van der Waals surface area (Å²) in [4.78, 5) is 37.0. The first-order chi connectivity index (χ1) is 9.40. The smallest absolute Gasteiger partial charge is 0.262 e. The van der Waals surface area contributed by atoms with Gasteiger partial charge in [-0.1, -0.05) is 25.5 Å². The van der Waals surface area contributed by atoms with Crippen molar-refractivity contribution in [1.82, 2.24) is 10.2 Å². The van der Waals surface area contributed by atoms with Gasteiger partial charge in [0.2, 0.25) is 5.91 Å². The highest BCUT2D eigenvalue weighted by atomic mass is 16.2. The summed E-state index contributed by atoms with van der Waals surface area (Å²) in [7, 11) is 0. The molecule has 0 fully saturated rings. The van der Waals surface area contributed by atoms with Crippen LogP contribution in [-0.2, 0) is 4.79 Å². The van der Waals surface area contributed by atoms with Gasteiger partial charge in [-0.15, -0.1) is 0 Å². The molecule has 0 saturated heterocycles. The summed E-state index contributed by atoms with van der Waals surface area (Å²) in [5.74, 6) is -0.785. The Hall–Kier alpha value is -2.17. The van der Waals surface area contributed by atoms with Crippen molar-refractivity contribution in [1.29, 1.82) is 0 Å². The Balaban J connectivity index is 2.11. The number of aryl methyl sites for hydroxylation is 1. The van der Waals surface area contributed by atoms with E-state index in [4.69, 9.17) is 0 Å². The van der Waals surface area contributed by atoms with Crippen molar-refractivity contribution in [2.24, 2.45) is 5.92 Å². The van der Waals surface area contributed by atoms with Crippen molar-refractivity contribution in [2.45, 2.75) is 20.8 Å².